The van der Waals surface area contributed by atoms with Crippen LogP contribution >= 0.6 is 0 Å². The van der Waals surface area contributed by atoms with E-state index in [1.54, 1.807) is 31.4 Å². The predicted molar refractivity (Wildman–Crippen MR) is 67.6 cm³/mol. The van der Waals surface area contributed by atoms with Gasteiger partial charge in [0, 0.05) is 11.8 Å². The largest absolute Gasteiger partial charge is 0.497 e. The maximum atomic E-state index is 11.8. The highest BCUT2D eigenvalue weighted by atomic mass is 16.5. The number of hydrogen-bond acceptors (Lipinski definition) is 5. The molecular weight excluding hydrogens is 248 g/mol. The number of benzene rings is 1. The topological polar surface area (TPSA) is 89.3 Å². The Bertz CT molecular complexity index is 568. The van der Waals surface area contributed by atoms with Crippen molar-refractivity contribution >= 4 is 11.6 Å². The maximum absolute atomic E-state index is 11.8. The molecule has 2 N–H and O–H groups in total. The van der Waals surface area contributed by atoms with E-state index in [0.717, 1.165) is 0 Å². The summed E-state index contributed by atoms with van der Waals surface area (Å²) < 4.78 is 6.43. The second-order valence-electron chi connectivity index (χ2n) is 3.85. The van der Waals surface area contributed by atoms with Crippen LogP contribution < -0.4 is 10.1 Å². The van der Waals surface area contributed by atoms with Gasteiger partial charge in [-0.2, -0.15) is 0 Å². The van der Waals surface area contributed by atoms with E-state index >= 15 is 0 Å². The van der Waals surface area contributed by atoms with Crippen LogP contribution in [-0.4, -0.2) is 33.1 Å². The van der Waals surface area contributed by atoms with Gasteiger partial charge in [-0.15, -0.1) is 5.10 Å². The first-order valence-corrected chi connectivity index (χ1v) is 5.65. The number of rotatable bonds is 5. The van der Waals surface area contributed by atoms with E-state index in [4.69, 9.17) is 9.84 Å². The number of carbonyl (C=O) groups excluding carboxylic acids is 1. The Hall–Kier alpha value is -2.41. The van der Waals surface area contributed by atoms with Gasteiger partial charge in [0.25, 0.3) is 0 Å². The minimum Gasteiger partial charge on any atom is -0.497 e. The Morgan fingerprint density at radius 1 is 1.53 bits per heavy atom. The predicted octanol–water partition coefficient (Wildman–Crippen LogP) is 0.418. The number of carbonyl (C=O) groups is 1. The van der Waals surface area contributed by atoms with Crippen molar-refractivity contribution in [3.8, 4) is 5.75 Å². The monoisotopic (exact) mass is 262 g/mol. The average Bonchev–Trinajstić information content (AvgIpc) is 2.86. The summed E-state index contributed by atoms with van der Waals surface area (Å²) in [6.45, 7) is -0.165. The Morgan fingerprint density at radius 3 is 3.05 bits per heavy atom. The zero-order chi connectivity index (χ0) is 13.7. The Balaban J connectivity index is 1.96. The second-order valence-corrected chi connectivity index (χ2v) is 3.85. The molecule has 0 atom stereocenters. The van der Waals surface area contributed by atoms with Crippen molar-refractivity contribution in [2.24, 2.45) is 0 Å². The lowest BCUT2D eigenvalue weighted by molar-refractivity contribution is -0.116. The van der Waals surface area contributed by atoms with Crippen molar-refractivity contribution < 1.29 is 14.6 Å². The summed E-state index contributed by atoms with van der Waals surface area (Å²) in [7, 11) is 1.56. The van der Waals surface area contributed by atoms with Crippen LogP contribution in [0.1, 0.15) is 5.69 Å². The molecule has 7 nitrogen and oxygen atoms in total. The van der Waals surface area contributed by atoms with Gasteiger partial charge in [-0.3, -0.25) is 4.79 Å². The van der Waals surface area contributed by atoms with Crippen molar-refractivity contribution in [2.45, 2.75) is 13.2 Å². The van der Waals surface area contributed by atoms with E-state index in [0.29, 0.717) is 17.1 Å². The Morgan fingerprint density at radius 2 is 2.37 bits per heavy atom. The number of aliphatic hydroxyl groups excluding tert-OH is 1. The summed E-state index contributed by atoms with van der Waals surface area (Å²) in [6.07, 6.45) is 1.52. The fourth-order valence-corrected chi connectivity index (χ4v) is 1.54. The van der Waals surface area contributed by atoms with Gasteiger partial charge in [-0.25, -0.2) is 4.68 Å². The van der Waals surface area contributed by atoms with Crippen molar-refractivity contribution in [1.29, 1.82) is 0 Å². The SMILES string of the molecule is COc1cccc(NC(=O)Cn2cc(CO)nn2)c1. The van der Waals surface area contributed by atoms with Crippen LogP contribution in [0.4, 0.5) is 5.69 Å². The molecule has 0 fully saturated rings. The molecule has 2 aromatic rings. The van der Waals surface area contributed by atoms with Crippen molar-refractivity contribution in [3.63, 3.8) is 0 Å². The molecule has 0 aliphatic heterocycles. The van der Waals surface area contributed by atoms with Gasteiger partial charge >= 0.3 is 0 Å². The third kappa shape index (κ3) is 3.52. The standard InChI is InChI=1S/C12H14N4O3/c1-19-11-4-2-3-9(5-11)13-12(18)7-16-6-10(8-17)14-15-16/h2-6,17H,7-8H2,1H3,(H,13,18). The lowest BCUT2D eigenvalue weighted by Gasteiger charge is -2.06. The van der Waals surface area contributed by atoms with Crippen LogP contribution in [-0.2, 0) is 17.9 Å². The molecule has 0 saturated carbocycles. The summed E-state index contributed by atoms with van der Waals surface area (Å²) in [6, 6.07) is 7.06. The number of amides is 1. The van der Waals surface area contributed by atoms with Gasteiger partial charge in [0.05, 0.1) is 19.9 Å². The van der Waals surface area contributed by atoms with Gasteiger partial charge < -0.3 is 15.2 Å². The highest BCUT2D eigenvalue weighted by molar-refractivity contribution is 5.90. The summed E-state index contributed by atoms with van der Waals surface area (Å²) in [5, 5.41) is 19.0. The molecule has 0 unspecified atom stereocenters. The highest BCUT2D eigenvalue weighted by Crippen LogP contribution is 2.16. The number of hydrogen-bond donors (Lipinski definition) is 2. The molecule has 0 radical (unpaired) electrons. The quantitative estimate of drug-likeness (QED) is 0.815. The maximum Gasteiger partial charge on any atom is 0.246 e. The molecule has 1 aromatic carbocycles. The Kier molecular flexibility index (Phi) is 4.09. The van der Waals surface area contributed by atoms with Gasteiger partial charge in [0.2, 0.25) is 5.91 Å². The van der Waals surface area contributed by atoms with Crippen LogP contribution in [0.15, 0.2) is 30.5 Å². The van der Waals surface area contributed by atoms with E-state index in [9.17, 15) is 4.79 Å². The first kappa shape index (κ1) is 13.0. The van der Waals surface area contributed by atoms with Crippen molar-refractivity contribution in [3.05, 3.63) is 36.2 Å². The number of aromatic nitrogens is 3. The summed E-state index contributed by atoms with van der Waals surface area (Å²) in [5.74, 6) is 0.434. The smallest absolute Gasteiger partial charge is 0.246 e. The Labute approximate surface area is 109 Å². The van der Waals surface area contributed by atoms with E-state index in [1.807, 2.05) is 0 Å². The highest BCUT2D eigenvalue weighted by Gasteiger charge is 2.06. The molecule has 0 saturated heterocycles. The van der Waals surface area contributed by atoms with Crippen LogP contribution in [0.25, 0.3) is 0 Å². The second kappa shape index (κ2) is 5.96. The molecule has 100 valence electrons. The number of ether oxygens (including phenoxy) is 1. The fraction of sp³-hybridized carbons (Fsp3) is 0.250. The molecule has 19 heavy (non-hydrogen) atoms. The van der Waals surface area contributed by atoms with E-state index in [-0.39, 0.29) is 19.1 Å². The number of nitrogens with zero attached hydrogens (tertiary/aromatic N) is 3. The first-order chi connectivity index (χ1) is 9.21. The molecular formula is C12H14N4O3. The molecule has 7 heteroatoms. The molecule has 0 bridgehead atoms. The van der Waals surface area contributed by atoms with Crippen molar-refractivity contribution in [1.82, 2.24) is 15.0 Å². The summed E-state index contributed by atoms with van der Waals surface area (Å²) in [5.41, 5.74) is 1.07. The fourth-order valence-electron chi connectivity index (χ4n) is 1.54. The molecule has 1 heterocycles. The third-order valence-corrected chi connectivity index (χ3v) is 2.41. The number of aliphatic hydroxyl groups is 1. The molecule has 0 aliphatic carbocycles. The number of nitrogens with one attached hydrogen (secondary N) is 1. The van der Waals surface area contributed by atoms with E-state index in [1.165, 1.54) is 10.9 Å². The van der Waals surface area contributed by atoms with Crippen molar-refractivity contribution in [2.75, 3.05) is 12.4 Å². The van der Waals surface area contributed by atoms with Crippen LogP contribution in [0, 0.1) is 0 Å². The molecule has 2 rings (SSSR count). The first-order valence-electron chi connectivity index (χ1n) is 5.65. The lowest BCUT2D eigenvalue weighted by atomic mass is 10.3. The molecule has 0 spiro atoms. The van der Waals surface area contributed by atoms with Gasteiger partial charge in [0.1, 0.15) is 18.0 Å². The normalized spacial score (nSPS) is 10.2. The minimum atomic E-state index is -0.234. The van der Waals surface area contributed by atoms with Crippen LogP contribution in [0.2, 0.25) is 0 Å². The molecule has 1 amide bonds. The minimum absolute atomic E-state index is 0.0320. The van der Waals surface area contributed by atoms with Gasteiger partial charge in [-0.05, 0) is 12.1 Å². The zero-order valence-corrected chi connectivity index (χ0v) is 10.4. The zero-order valence-electron chi connectivity index (χ0n) is 10.4. The van der Waals surface area contributed by atoms with Crippen LogP contribution in [0.3, 0.4) is 0 Å². The van der Waals surface area contributed by atoms with Crippen LogP contribution in [0.5, 0.6) is 5.75 Å². The number of anilines is 1. The summed E-state index contributed by atoms with van der Waals surface area (Å²) in [4.78, 5) is 11.8. The van der Waals surface area contributed by atoms with Gasteiger partial charge in [-0.1, -0.05) is 11.3 Å². The molecule has 0 aliphatic rings. The summed E-state index contributed by atoms with van der Waals surface area (Å²) >= 11 is 0. The number of methoxy groups -OCH3 is 1. The van der Waals surface area contributed by atoms with E-state index in [2.05, 4.69) is 15.6 Å². The van der Waals surface area contributed by atoms with Gasteiger partial charge in [0.15, 0.2) is 0 Å². The lowest BCUT2D eigenvalue weighted by Crippen LogP contribution is -2.19. The molecule has 1 aromatic heterocycles. The van der Waals surface area contributed by atoms with E-state index < -0.39 is 0 Å². The third-order valence-electron chi connectivity index (χ3n) is 2.41. The average molecular weight is 262 g/mol.